The van der Waals surface area contributed by atoms with Crippen molar-refractivity contribution in [3.8, 4) is 11.3 Å². The molecule has 1 saturated heterocycles. The molecule has 9 heteroatoms. The third-order valence-corrected chi connectivity index (χ3v) is 4.82. The number of anilines is 1. The summed E-state index contributed by atoms with van der Waals surface area (Å²) in [5.74, 6) is -0.475. The maximum atomic E-state index is 12.7. The molecule has 1 aromatic carbocycles. The van der Waals surface area contributed by atoms with Gasteiger partial charge in [0.1, 0.15) is 0 Å². The second-order valence-corrected chi connectivity index (χ2v) is 7.18. The lowest BCUT2D eigenvalue weighted by molar-refractivity contribution is -0.128. The molecule has 0 saturated carbocycles. The Morgan fingerprint density at radius 1 is 1.19 bits per heavy atom. The van der Waals surface area contributed by atoms with Crippen LogP contribution < -0.4 is 5.32 Å². The molecule has 1 aliphatic heterocycles. The average molecular weight is 433 g/mol. The lowest BCUT2D eigenvalue weighted by atomic mass is 10.1. The summed E-state index contributed by atoms with van der Waals surface area (Å²) in [4.78, 5) is 48.1. The molecule has 3 heterocycles. The van der Waals surface area contributed by atoms with Gasteiger partial charge in [-0.15, -0.1) is 0 Å². The van der Waals surface area contributed by atoms with Crippen molar-refractivity contribution in [2.45, 2.75) is 19.9 Å². The lowest BCUT2D eigenvalue weighted by Crippen LogP contribution is -2.28. The number of aryl methyl sites for hydroxylation is 1. The molecule has 164 valence electrons. The Kier molecular flexibility index (Phi) is 7.58. The molecule has 1 fully saturated rings. The molecule has 0 bridgehead atoms. The van der Waals surface area contributed by atoms with Gasteiger partial charge in [-0.1, -0.05) is 36.4 Å². The number of likely N-dealkylation sites (tertiary alicyclic amines) is 1. The highest BCUT2D eigenvalue weighted by Crippen LogP contribution is 2.22. The van der Waals surface area contributed by atoms with Gasteiger partial charge in [-0.3, -0.25) is 24.7 Å². The van der Waals surface area contributed by atoms with E-state index in [9.17, 15) is 9.59 Å². The van der Waals surface area contributed by atoms with Gasteiger partial charge in [0, 0.05) is 30.4 Å². The van der Waals surface area contributed by atoms with Gasteiger partial charge in [0.05, 0.1) is 23.9 Å². The zero-order valence-corrected chi connectivity index (χ0v) is 17.5. The molecule has 4 rings (SSSR count). The van der Waals surface area contributed by atoms with Crippen LogP contribution in [0.1, 0.15) is 17.8 Å². The Morgan fingerprint density at radius 3 is 2.59 bits per heavy atom. The fraction of sp³-hybridized carbons (Fsp3) is 0.217. The molecule has 9 nitrogen and oxygen atoms in total. The van der Waals surface area contributed by atoms with Crippen LogP contribution in [0.4, 0.5) is 5.95 Å². The van der Waals surface area contributed by atoms with Gasteiger partial charge in [-0.05, 0) is 25.1 Å². The van der Waals surface area contributed by atoms with Crippen LogP contribution in [0, 0.1) is 12.8 Å². The topological polar surface area (TPSA) is 125 Å². The van der Waals surface area contributed by atoms with Crippen LogP contribution in [0.5, 0.6) is 0 Å². The van der Waals surface area contributed by atoms with Crippen LogP contribution >= 0.6 is 0 Å². The summed E-state index contributed by atoms with van der Waals surface area (Å²) < 4.78 is 0. The van der Waals surface area contributed by atoms with Crippen molar-refractivity contribution >= 4 is 24.2 Å². The van der Waals surface area contributed by atoms with E-state index in [1.165, 1.54) is 0 Å². The van der Waals surface area contributed by atoms with Crippen molar-refractivity contribution < 1.29 is 19.5 Å². The van der Waals surface area contributed by atoms with Gasteiger partial charge in [0.15, 0.2) is 0 Å². The summed E-state index contributed by atoms with van der Waals surface area (Å²) in [6, 6.07) is 17.2. The summed E-state index contributed by atoms with van der Waals surface area (Å²) in [7, 11) is 0. The smallest absolute Gasteiger partial charge is 0.290 e. The predicted octanol–water partition coefficient (Wildman–Crippen LogP) is 2.54. The molecule has 0 spiro atoms. The first kappa shape index (κ1) is 22.5. The maximum Gasteiger partial charge on any atom is 0.290 e. The van der Waals surface area contributed by atoms with Crippen LogP contribution in [-0.2, 0) is 20.9 Å². The second-order valence-electron chi connectivity index (χ2n) is 7.18. The van der Waals surface area contributed by atoms with Crippen LogP contribution in [0.3, 0.4) is 0 Å². The first-order chi connectivity index (χ1) is 15.5. The fourth-order valence-electron chi connectivity index (χ4n) is 3.38. The summed E-state index contributed by atoms with van der Waals surface area (Å²) in [6.07, 6.45) is 1.87. The first-order valence-electron chi connectivity index (χ1n) is 9.97. The Balaban J connectivity index is 0.000000913. The molecule has 1 unspecified atom stereocenters. The van der Waals surface area contributed by atoms with Gasteiger partial charge < -0.3 is 10.0 Å². The molecule has 2 amide bonds. The number of pyridine rings is 1. The number of nitrogens with one attached hydrogen (secondary N) is 1. The zero-order chi connectivity index (χ0) is 22.9. The maximum absolute atomic E-state index is 12.7. The van der Waals surface area contributed by atoms with Crippen molar-refractivity contribution in [3.05, 3.63) is 72.2 Å². The van der Waals surface area contributed by atoms with Crippen molar-refractivity contribution in [1.82, 2.24) is 19.9 Å². The molecule has 0 aliphatic carbocycles. The monoisotopic (exact) mass is 433 g/mol. The Labute approximate surface area is 185 Å². The number of aromatic nitrogens is 3. The number of carboxylic acid groups (broad SMARTS) is 1. The molecule has 32 heavy (non-hydrogen) atoms. The summed E-state index contributed by atoms with van der Waals surface area (Å²) >= 11 is 0. The minimum atomic E-state index is -0.435. The highest BCUT2D eigenvalue weighted by Gasteiger charge is 2.34. The number of benzene rings is 1. The number of rotatable bonds is 5. The summed E-state index contributed by atoms with van der Waals surface area (Å²) in [5.41, 5.74) is 3.25. The van der Waals surface area contributed by atoms with E-state index >= 15 is 0 Å². The highest BCUT2D eigenvalue weighted by atomic mass is 16.3. The largest absolute Gasteiger partial charge is 0.483 e. The molecule has 2 aromatic heterocycles. The Morgan fingerprint density at radius 2 is 1.91 bits per heavy atom. The average Bonchev–Trinajstić information content (AvgIpc) is 3.15. The van der Waals surface area contributed by atoms with Crippen LogP contribution in [0.25, 0.3) is 11.3 Å². The minimum absolute atomic E-state index is 0.0501. The van der Waals surface area contributed by atoms with Gasteiger partial charge in [0.25, 0.3) is 6.47 Å². The number of amides is 2. The van der Waals surface area contributed by atoms with E-state index in [1.807, 2.05) is 61.5 Å². The number of hydrogen-bond donors (Lipinski definition) is 2. The summed E-state index contributed by atoms with van der Waals surface area (Å²) in [5, 5.41) is 9.67. The van der Waals surface area contributed by atoms with E-state index in [0.29, 0.717) is 13.1 Å². The van der Waals surface area contributed by atoms with E-state index in [4.69, 9.17) is 9.90 Å². The SMILES string of the molecule is Cc1cc(-c2ccccc2)nc(NC(=O)C2CC(=O)N(Cc3ccccn3)C2)n1.O=CO. The minimum Gasteiger partial charge on any atom is -0.483 e. The number of hydrogen-bond acceptors (Lipinski definition) is 6. The molecular weight excluding hydrogens is 410 g/mol. The fourth-order valence-corrected chi connectivity index (χ4v) is 3.38. The molecule has 2 N–H and O–H groups in total. The zero-order valence-electron chi connectivity index (χ0n) is 17.5. The number of nitrogens with zero attached hydrogens (tertiary/aromatic N) is 4. The predicted molar refractivity (Wildman–Crippen MR) is 117 cm³/mol. The van der Waals surface area contributed by atoms with Crippen molar-refractivity contribution in [2.24, 2.45) is 5.92 Å². The number of carbonyl (C=O) groups excluding carboxylic acids is 2. The molecular formula is C23H23N5O4. The highest BCUT2D eigenvalue weighted by molar-refractivity contribution is 5.96. The van der Waals surface area contributed by atoms with Crippen molar-refractivity contribution in [2.75, 3.05) is 11.9 Å². The quantitative estimate of drug-likeness (QED) is 0.592. The standard InChI is InChI=1S/C22H21N5O2.CH2O2/c1-15-11-19(16-7-3-2-4-8-16)25-22(24-15)26-21(29)17-12-20(28)27(13-17)14-18-9-5-6-10-23-18;2-1-3/h2-11,17H,12-14H2,1H3,(H,24,25,26,29);1H,(H,2,3). The summed E-state index contributed by atoms with van der Waals surface area (Å²) in [6.45, 7) is 2.37. The van der Waals surface area contributed by atoms with E-state index in [1.54, 1.807) is 11.1 Å². The Hall–Kier alpha value is -4.14. The van der Waals surface area contributed by atoms with E-state index in [-0.39, 0.29) is 30.7 Å². The first-order valence-corrected chi connectivity index (χ1v) is 9.97. The lowest BCUT2D eigenvalue weighted by Gasteiger charge is -2.16. The van der Waals surface area contributed by atoms with Gasteiger partial charge in [-0.25, -0.2) is 9.97 Å². The van der Waals surface area contributed by atoms with Crippen LogP contribution in [-0.4, -0.2) is 49.8 Å². The van der Waals surface area contributed by atoms with E-state index < -0.39 is 5.92 Å². The van der Waals surface area contributed by atoms with Crippen molar-refractivity contribution in [1.29, 1.82) is 0 Å². The van der Waals surface area contributed by atoms with Crippen molar-refractivity contribution in [3.63, 3.8) is 0 Å². The number of carbonyl (C=O) groups is 3. The van der Waals surface area contributed by atoms with E-state index in [0.717, 1.165) is 22.6 Å². The van der Waals surface area contributed by atoms with Gasteiger partial charge >= 0.3 is 0 Å². The molecule has 1 atom stereocenters. The van der Waals surface area contributed by atoms with Crippen LogP contribution in [0.15, 0.2) is 60.8 Å². The third kappa shape index (κ3) is 5.94. The molecule has 3 aromatic rings. The van der Waals surface area contributed by atoms with E-state index in [2.05, 4.69) is 20.3 Å². The third-order valence-electron chi connectivity index (χ3n) is 4.82. The molecule has 1 aliphatic rings. The van der Waals surface area contributed by atoms with Gasteiger partial charge in [-0.2, -0.15) is 0 Å². The molecule has 0 radical (unpaired) electrons. The van der Waals surface area contributed by atoms with Gasteiger partial charge in [0.2, 0.25) is 17.8 Å². The normalized spacial score (nSPS) is 15.0. The second kappa shape index (κ2) is 10.8. The Bertz CT molecular complexity index is 1080. The van der Waals surface area contributed by atoms with Crippen LogP contribution in [0.2, 0.25) is 0 Å².